The number of thioether (sulfide) groups is 1. The molecule has 4 heterocycles. The molecule has 4 unspecified atom stereocenters. The maximum absolute atomic E-state index is 13.6. The van der Waals surface area contributed by atoms with E-state index in [9.17, 15) is 28.8 Å². The first-order valence-electron chi connectivity index (χ1n) is 42.2. The van der Waals surface area contributed by atoms with Crippen molar-refractivity contribution in [2.75, 3.05) is 91.4 Å². The first-order chi connectivity index (χ1) is 58.2. The second-order valence-electron chi connectivity index (χ2n) is 35.1. The molecule has 7 fully saturated rings. The monoisotopic (exact) mass is 1840 g/mol. The van der Waals surface area contributed by atoms with Gasteiger partial charge in [-0.3, -0.25) is 43.9 Å². The third-order valence-electron chi connectivity index (χ3n) is 30.1. The number of imide groups is 1. The summed E-state index contributed by atoms with van der Waals surface area (Å²) in [5.74, 6) is 4.20. The van der Waals surface area contributed by atoms with Crippen LogP contribution in [0.4, 0.5) is 4.79 Å². The summed E-state index contributed by atoms with van der Waals surface area (Å²) in [5.41, 5.74) is 16.4. The molecule has 4 aliphatic heterocycles. The molecule has 10 aliphatic carbocycles. The van der Waals surface area contributed by atoms with Gasteiger partial charge in [0.2, 0.25) is 6.41 Å². The number of carbonyl (C=O) groups is 7. The highest BCUT2D eigenvalue weighted by atomic mass is 127. The SMILES string of the molecule is COc1ccc2c(c1)C(=O)C1(CCC(OC)CC1)C2.COc1ccc2c(c1)C1(N=C(N)N(C)C1=O)C1(CCC(OC)CC1)C2.COc1ccc2c(c1)C1(N=C(SC)N(C)C1=O)C1(CCC(OC)CC1)C2.COc1ccc2c(c1)C1(NC(=O)NC1=O)C1(CCC(OC)CC1)C2.COc1ccc2c(c1)C1(NC(=S)NC1=O)C1(CCC(OC)CC1)C2.I.N.NC=O. The number of hydrogen-bond donors (Lipinski definition) is 7. The number of aliphatic imine (C=N–C) groups is 2. The summed E-state index contributed by atoms with van der Waals surface area (Å²) in [7, 11) is 20.6. The van der Waals surface area contributed by atoms with Crippen LogP contribution in [0.2, 0.25) is 0 Å². The van der Waals surface area contributed by atoms with Crippen LogP contribution >= 0.6 is 48.0 Å². The van der Waals surface area contributed by atoms with Gasteiger partial charge in [-0.05, 0) is 290 Å². The van der Waals surface area contributed by atoms with E-state index in [1.165, 1.54) is 27.2 Å². The molecule has 31 heteroatoms. The van der Waals surface area contributed by atoms with Crippen LogP contribution in [0.25, 0.3) is 0 Å². The number of halogens is 1. The van der Waals surface area contributed by atoms with Gasteiger partial charge in [-0.25, -0.2) is 14.8 Å². The second kappa shape index (κ2) is 37.2. The number of nitrogens with one attached hydrogen (secondary N) is 4. The molecule has 19 rings (SSSR count). The number of amidine groups is 1. The molecule has 5 aromatic rings. The molecule has 9 spiro atoms. The number of Topliss-reactive ketones (excluding diaryl/α,β-unsaturated/α-hetero) is 1. The van der Waals surface area contributed by atoms with Crippen molar-refractivity contribution in [3.63, 3.8) is 0 Å². The number of thiocarbonyl (C=S) groups is 1. The third-order valence-corrected chi connectivity index (χ3v) is 31.0. The van der Waals surface area contributed by atoms with Gasteiger partial charge < -0.3 is 80.9 Å². The van der Waals surface area contributed by atoms with Gasteiger partial charge in [0.25, 0.3) is 23.6 Å². The Labute approximate surface area is 747 Å². The molecule has 0 bridgehead atoms. The largest absolute Gasteiger partial charge is 0.497 e. The lowest BCUT2D eigenvalue weighted by Gasteiger charge is -2.46. The van der Waals surface area contributed by atoms with E-state index in [0.717, 1.165) is 222 Å². The Morgan fingerprint density at radius 1 is 0.439 bits per heavy atom. The lowest BCUT2D eigenvalue weighted by Crippen LogP contribution is -2.56. The number of nitrogens with zero attached hydrogens (tertiary/aromatic N) is 4. The van der Waals surface area contributed by atoms with Gasteiger partial charge in [0.1, 0.15) is 28.7 Å². The zero-order valence-electron chi connectivity index (χ0n) is 73.1. The average Bonchev–Trinajstić information content (AvgIpc) is 1.54. The van der Waals surface area contributed by atoms with E-state index < -0.39 is 28.2 Å². The molecule has 14 aliphatic rings. The van der Waals surface area contributed by atoms with Crippen LogP contribution < -0.4 is 62.6 Å². The van der Waals surface area contributed by atoms with Crippen LogP contribution in [0.3, 0.4) is 0 Å². The Balaban J connectivity index is 0.000000139. The fourth-order valence-corrected chi connectivity index (χ4v) is 24.4. The number of hydrogen-bond acceptors (Lipinski definition) is 23. The number of methoxy groups -OCH3 is 10. The Bertz CT molecular complexity index is 4770. The van der Waals surface area contributed by atoms with E-state index in [0.29, 0.717) is 28.7 Å². The molecule has 5 saturated carbocycles. The Kier molecular flexibility index (Phi) is 28.3. The van der Waals surface area contributed by atoms with Crippen LogP contribution in [-0.4, -0.2) is 190 Å². The number of benzene rings is 5. The minimum Gasteiger partial charge on any atom is -0.497 e. The number of primary amides is 1. The summed E-state index contributed by atoms with van der Waals surface area (Å²) in [5, 5.41) is 12.9. The van der Waals surface area contributed by atoms with Gasteiger partial charge in [0, 0.05) is 82.3 Å². The molecule has 7 amide bonds. The van der Waals surface area contributed by atoms with Crippen molar-refractivity contribution < 1.29 is 80.9 Å². The highest BCUT2D eigenvalue weighted by Gasteiger charge is 2.71. The second-order valence-corrected chi connectivity index (χ2v) is 36.3. The van der Waals surface area contributed by atoms with E-state index in [-0.39, 0.29) is 112 Å². The van der Waals surface area contributed by atoms with Crippen molar-refractivity contribution in [3.05, 3.63) is 147 Å². The minimum atomic E-state index is -0.993. The van der Waals surface area contributed by atoms with Gasteiger partial charge in [0.05, 0.1) is 66.1 Å². The summed E-state index contributed by atoms with van der Waals surface area (Å²) in [6, 6.07) is 29.5. The maximum Gasteiger partial charge on any atom is 0.322 e. The van der Waals surface area contributed by atoms with Crippen molar-refractivity contribution in [2.24, 2.45) is 48.5 Å². The summed E-state index contributed by atoms with van der Waals surface area (Å²) < 4.78 is 54.5. The number of rotatable bonds is 10. The van der Waals surface area contributed by atoms with Gasteiger partial charge in [-0.2, -0.15) is 0 Å². The predicted molar refractivity (Wildman–Crippen MR) is 482 cm³/mol. The first-order valence-corrected chi connectivity index (χ1v) is 43.8. The predicted octanol–water partition coefficient (Wildman–Crippen LogP) is 11.8. The number of fused-ring (bicyclic) bond motifs is 13. The molecule has 123 heavy (non-hydrogen) atoms. The molecular formula is C92H122IN11O17S2. The number of carbonyl (C=O) groups excluding carboxylic acids is 7. The molecular weight excluding hydrogens is 1720 g/mol. The van der Waals surface area contributed by atoms with Crippen molar-refractivity contribution in [2.45, 2.75) is 213 Å². The standard InChI is InChI=1S/C20H26N2O3S.C19H25N3O3.C18H22N2O4.C18H22N2O3S.C16H20O3.CH3NO.HI.H3N/c1-22-17(23)20(21-18(22)26-4)16-11-15(25-3)6-5-13(16)12-19(20)9-7-14(24-2)8-10-19;1-22-16(23)19(21-17(22)20)15-10-14(25-3)5-4-12(15)11-18(19)8-6-13(24-2)7-9-18;1-23-12-5-7-17(8-6-12)10-11-3-4-13(24-2)9-14(11)18(17)15(21)19-16(22)20-18;1-22-12-5-7-17(8-6-12)10-11-3-4-13(23-2)9-14(11)18(17)15(21)19-16(24)20-18;1-18-12-5-7-16(8-6-12)10-11-3-4-13(19-2)9-14(11)15(16)17;2-1-3;;/h5-6,11,14H,7-10,12H2,1-4H3;4-5,10,13H,6-9,11H2,1-3H3,(H2,20,21);3-4,9,12H,5-8,10H2,1-2H3,(H2,19,20,21,22);3-4,9,12H,5-8,10H2,1-2H3,(H2,19,20,21,24);3-4,9,12H,5-8,10H2,1-2H3;1H,(H2,2,3);1H;1H3. The number of ketones is 1. The average molecular weight is 1850 g/mol. The fourth-order valence-electron chi connectivity index (χ4n) is 23.6. The summed E-state index contributed by atoms with van der Waals surface area (Å²) in [4.78, 5) is 99.5. The Hall–Kier alpha value is -8.54. The van der Waals surface area contributed by atoms with E-state index in [1.54, 1.807) is 94.8 Å². The van der Waals surface area contributed by atoms with E-state index in [4.69, 9.17) is 80.1 Å². The molecule has 5 aromatic carbocycles. The van der Waals surface area contributed by atoms with Crippen LogP contribution in [0.15, 0.2) is 101 Å². The Morgan fingerprint density at radius 2 is 0.756 bits per heavy atom. The number of guanidine groups is 1. The number of amides is 7. The summed E-state index contributed by atoms with van der Waals surface area (Å²) in [6.45, 7) is 0. The molecule has 28 nitrogen and oxygen atoms in total. The maximum atomic E-state index is 13.6. The lowest BCUT2D eigenvalue weighted by atomic mass is 9.61. The minimum absolute atomic E-state index is 0. The highest BCUT2D eigenvalue weighted by Crippen LogP contribution is 2.66. The lowest BCUT2D eigenvalue weighted by molar-refractivity contribution is -0.138. The number of likely N-dealkylation sites (N-methyl/N-ethyl adjacent to an activating group) is 2. The molecule has 666 valence electrons. The van der Waals surface area contributed by atoms with Gasteiger partial charge >= 0.3 is 6.03 Å². The molecule has 0 aromatic heterocycles. The van der Waals surface area contributed by atoms with Crippen LogP contribution in [0.5, 0.6) is 28.7 Å². The van der Waals surface area contributed by atoms with Gasteiger partial charge in [0.15, 0.2) is 44.2 Å². The van der Waals surface area contributed by atoms with Crippen molar-refractivity contribution >= 4 is 106 Å². The number of ether oxygens (including phenoxy) is 10. The number of nitrogens with two attached hydrogens (primary N) is 2. The zero-order valence-corrected chi connectivity index (χ0v) is 77.1. The van der Waals surface area contributed by atoms with E-state index >= 15 is 0 Å². The molecule has 0 radical (unpaired) electrons. The molecule has 2 saturated heterocycles. The topological polar surface area (TPSA) is 378 Å². The van der Waals surface area contributed by atoms with Gasteiger partial charge in [-0.15, -0.1) is 24.0 Å². The summed E-state index contributed by atoms with van der Waals surface area (Å²) >= 11 is 6.84. The van der Waals surface area contributed by atoms with Crippen LogP contribution in [0, 0.1) is 27.1 Å². The molecule has 11 N–H and O–H groups in total. The van der Waals surface area contributed by atoms with E-state index in [1.807, 2.05) is 86.1 Å². The summed E-state index contributed by atoms with van der Waals surface area (Å²) in [6.07, 6.45) is 26.6. The Morgan fingerprint density at radius 3 is 1.08 bits per heavy atom. The highest BCUT2D eigenvalue weighted by molar-refractivity contribution is 14.0. The smallest absolute Gasteiger partial charge is 0.322 e. The van der Waals surface area contributed by atoms with Crippen molar-refractivity contribution in [1.29, 1.82) is 0 Å². The van der Waals surface area contributed by atoms with Crippen molar-refractivity contribution in [3.8, 4) is 28.7 Å². The van der Waals surface area contributed by atoms with E-state index in [2.05, 4.69) is 45.2 Å². The van der Waals surface area contributed by atoms with Gasteiger partial charge in [-0.1, -0.05) is 42.1 Å². The fraction of sp³-hybridized carbons (Fsp3) is 0.565. The molecule has 4 atom stereocenters. The van der Waals surface area contributed by atoms with Crippen LogP contribution in [0.1, 0.15) is 189 Å². The first kappa shape index (κ1) is 93.6. The third kappa shape index (κ3) is 15.5. The number of urea groups is 1. The van der Waals surface area contributed by atoms with Crippen LogP contribution in [-0.2, 0) is 102 Å². The zero-order chi connectivity index (χ0) is 86.4. The normalized spacial score (nSPS) is 31.9. The quantitative estimate of drug-likeness (QED) is 0.0295. The van der Waals surface area contributed by atoms with Crippen molar-refractivity contribution in [1.82, 2.24) is 37.2 Å².